The summed E-state index contributed by atoms with van der Waals surface area (Å²) in [6.45, 7) is 8.16. The lowest BCUT2D eigenvalue weighted by Gasteiger charge is -2.43. The van der Waals surface area contributed by atoms with Crippen LogP contribution in [0.15, 0.2) is 30.3 Å². The molecule has 2 fully saturated rings. The first kappa shape index (κ1) is 17.2. The van der Waals surface area contributed by atoms with Crippen LogP contribution in [0.5, 0.6) is 0 Å². The van der Waals surface area contributed by atoms with Crippen LogP contribution in [-0.2, 0) is 16.1 Å². The van der Waals surface area contributed by atoms with Crippen molar-refractivity contribution in [3.05, 3.63) is 35.9 Å². The van der Waals surface area contributed by atoms with Crippen LogP contribution in [0.1, 0.15) is 32.3 Å². The summed E-state index contributed by atoms with van der Waals surface area (Å²) in [7, 11) is 0. The molecule has 1 aromatic carbocycles. The third kappa shape index (κ3) is 4.48. The molecule has 2 atom stereocenters. The van der Waals surface area contributed by atoms with E-state index in [0.29, 0.717) is 24.9 Å². The number of carbonyl (C=O) groups is 1. The summed E-state index contributed by atoms with van der Waals surface area (Å²) in [5, 5.41) is 0. The summed E-state index contributed by atoms with van der Waals surface area (Å²) in [5.74, 6) is 0. The Morgan fingerprint density at radius 1 is 1.12 bits per heavy atom. The molecule has 0 unspecified atom stereocenters. The molecule has 2 aliphatic heterocycles. The van der Waals surface area contributed by atoms with E-state index in [1.165, 1.54) is 0 Å². The van der Waals surface area contributed by atoms with Gasteiger partial charge in [-0.2, -0.15) is 0 Å². The molecule has 2 saturated heterocycles. The second kappa shape index (κ2) is 7.99. The molecule has 0 aliphatic carbocycles. The van der Waals surface area contributed by atoms with Gasteiger partial charge in [-0.1, -0.05) is 30.3 Å². The summed E-state index contributed by atoms with van der Waals surface area (Å²) in [6, 6.07) is 10.4. The Labute approximate surface area is 144 Å². The van der Waals surface area contributed by atoms with Crippen LogP contribution >= 0.6 is 0 Å². The number of morpholine rings is 1. The molecular weight excluding hydrogens is 304 g/mol. The average Bonchev–Trinajstić information content (AvgIpc) is 2.60. The first-order valence-electron chi connectivity index (χ1n) is 8.97. The molecule has 0 bridgehead atoms. The Bertz CT molecular complexity index is 519. The van der Waals surface area contributed by atoms with Crippen molar-refractivity contribution in [1.29, 1.82) is 0 Å². The zero-order valence-electron chi connectivity index (χ0n) is 14.7. The van der Waals surface area contributed by atoms with Crippen molar-refractivity contribution in [2.75, 3.05) is 26.2 Å². The van der Waals surface area contributed by atoms with E-state index < -0.39 is 0 Å². The van der Waals surface area contributed by atoms with Gasteiger partial charge in [0.1, 0.15) is 6.61 Å². The van der Waals surface area contributed by atoms with Crippen LogP contribution < -0.4 is 0 Å². The molecule has 0 radical (unpaired) electrons. The number of likely N-dealkylation sites (tertiary alicyclic amines) is 1. The van der Waals surface area contributed by atoms with Gasteiger partial charge in [0.15, 0.2) is 0 Å². The predicted octanol–water partition coefficient (Wildman–Crippen LogP) is 2.90. The second-order valence-electron chi connectivity index (χ2n) is 6.97. The summed E-state index contributed by atoms with van der Waals surface area (Å²) < 4.78 is 11.3. The minimum absolute atomic E-state index is 0.194. The van der Waals surface area contributed by atoms with E-state index in [4.69, 9.17) is 9.47 Å². The number of ether oxygens (including phenoxy) is 2. The Morgan fingerprint density at radius 2 is 1.75 bits per heavy atom. The van der Waals surface area contributed by atoms with Gasteiger partial charge in [0.05, 0.1) is 12.2 Å². The fourth-order valence-corrected chi connectivity index (χ4v) is 3.74. The number of rotatable bonds is 3. The maximum atomic E-state index is 12.2. The fourth-order valence-electron chi connectivity index (χ4n) is 3.74. The summed E-state index contributed by atoms with van der Waals surface area (Å²) in [4.78, 5) is 16.6. The van der Waals surface area contributed by atoms with Crippen LogP contribution in [0.4, 0.5) is 4.79 Å². The largest absolute Gasteiger partial charge is 0.445 e. The van der Waals surface area contributed by atoms with Crippen molar-refractivity contribution in [3.63, 3.8) is 0 Å². The molecule has 0 aromatic heterocycles. The lowest BCUT2D eigenvalue weighted by Crippen LogP contribution is -2.53. The molecule has 1 aromatic rings. The standard InChI is InChI=1S/C19H28N2O3/c1-15-12-21(13-16(2)24-15)18-8-10-20(11-9-18)19(22)23-14-17-6-4-3-5-7-17/h3-7,15-16,18H,8-14H2,1-2H3/t15-,16+. The smallest absolute Gasteiger partial charge is 0.410 e. The highest BCUT2D eigenvalue weighted by molar-refractivity contribution is 5.67. The van der Waals surface area contributed by atoms with Crippen LogP contribution in [0.3, 0.4) is 0 Å². The van der Waals surface area contributed by atoms with E-state index in [1.807, 2.05) is 35.2 Å². The number of piperidine rings is 1. The van der Waals surface area contributed by atoms with Crippen LogP contribution in [0.2, 0.25) is 0 Å². The van der Waals surface area contributed by atoms with Crippen molar-refractivity contribution in [2.45, 2.75) is 51.5 Å². The Morgan fingerprint density at radius 3 is 2.38 bits per heavy atom. The predicted molar refractivity (Wildman–Crippen MR) is 92.8 cm³/mol. The van der Waals surface area contributed by atoms with E-state index >= 15 is 0 Å². The lowest BCUT2D eigenvalue weighted by atomic mass is 10.0. The van der Waals surface area contributed by atoms with E-state index in [-0.39, 0.29) is 6.09 Å². The summed E-state index contributed by atoms with van der Waals surface area (Å²) in [6.07, 6.45) is 2.42. The third-order valence-corrected chi connectivity index (χ3v) is 4.89. The third-order valence-electron chi connectivity index (χ3n) is 4.89. The highest BCUT2D eigenvalue weighted by Crippen LogP contribution is 2.22. The maximum Gasteiger partial charge on any atom is 0.410 e. The van der Waals surface area contributed by atoms with E-state index in [0.717, 1.165) is 44.6 Å². The number of benzene rings is 1. The highest BCUT2D eigenvalue weighted by Gasteiger charge is 2.31. The normalized spacial score (nSPS) is 26.3. The molecule has 3 rings (SSSR count). The van der Waals surface area contributed by atoms with Crippen molar-refractivity contribution >= 4 is 6.09 Å². The molecule has 0 spiro atoms. The molecule has 132 valence electrons. The van der Waals surface area contributed by atoms with Gasteiger partial charge in [-0.15, -0.1) is 0 Å². The molecule has 0 N–H and O–H groups in total. The number of amides is 1. The first-order valence-corrected chi connectivity index (χ1v) is 8.97. The van der Waals surface area contributed by atoms with Gasteiger partial charge in [-0.05, 0) is 32.3 Å². The van der Waals surface area contributed by atoms with E-state index in [9.17, 15) is 4.79 Å². The number of hydrogen-bond donors (Lipinski definition) is 0. The topological polar surface area (TPSA) is 42.0 Å². The number of nitrogens with zero attached hydrogens (tertiary/aromatic N) is 2. The Hall–Kier alpha value is -1.59. The SMILES string of the molecule is C[C@@H]1CN(C2CCN(C(=O)OCc3ccccc3)CC2)C[C@H](C)O1. The van der Waals surface area contributed by atoms with Gasteiger partial charge < -0.3 is 14.4 Å². The van der Waals surface area contributed by atoms with E-state index in [2.05, 4.69) is 18.7 Å². The maximum absolute atomic E-state index is 12.2. The lowest BCUT2D eigenvalue weighted by molar-refractivity contribution is -0.0860. The molecule has 5 nitrogen and oxygen atoms in total. The van der Waals surface area contributed by atoms with Crippen LogP contribution in [-0.4, -0.2) is 60.3 Å². The first-order chi connectivity index (χ1) is 11.6. The van der Waals surface area contributed by atoms with Crippen LogP contribution in [0, 0.1) is 0 Å². The Kier molecular flexibility index (Phi) is 5.74. The van der Waals surface area contributed by atoms with Crippen molar-refractivity contribution in [3.8, 4) is 0 Å². The zero-order valence-corrected chi connectivity index (χ0v) is 14.7. The molecule has 5 heteroatoms. The second-order valence-corrected chi connectivity index (χ2v) is 6.97. The summed E-state index contributed by atoms with van der Waals surface area (Å²) in [5.41, 5.74) is 1.03. The van der Waals surface area contributed by atoms with Crippen molar-refractivity contribution in [2.24, 2.45) is 0 Å². The van der Waals surface area contributed by atoms with Gasteiger partial charge in [0.2, 0.25) is 0 Å². The van der Waals surface area contributed by atoms with Crippen molar-refractivity contribution in [1.82, 2.24) is 9.80 Å². The van der Waals surface area contributed by atoms with Crippen molar-refractivity contribution < 1.29 is 14.3 Å². The molecule has 0 saturated carbocycles. The molecule has 2 heterocycles. The van der Waals surface area contributed by atoms with E-state index in [1.54, 1.807) is 0 Å². The zero-order chi connectivity index (χ0) is 16.9. The Balaban J connectivity index is 1.43. The number of hydrogen-bond acceptors (Lipinski definition) is 4. The average molecular weight is 332 g/mol. The highest BCUT2D eigenvalue weighted by atomic mass is 16.6. The summed E-state index contributed by atoms with van der Waals surface area (Å²) >= 11 is 0. The monoisotopic (exact) mass is 332 g/mol. The minimum atomic E-state index is -0.194. The van der Waals surface area contributed by atoms with Gasteiger partial charge in [-0.3, -0.25) is 4.90 Å². The van der Waals surface area contributed by atoms with Crippen LogP contribution in [0.25, 0.3) is 0 Å². The fraction of sp³-hybridized carbons (Fsp3) is 0.632. The molecular formula is C19H28N2O3. The molecule has 2 aliphatic rings. The van der Waals surface area contributed by atoms with Gasteiger partial charge >= 0.3 is 6.09 Å². The van der Waals surface area contributed by atoms with Gasteiger partial charge in [0.25, 0.3) is 0 Å². The quantitative estimate of drug-likeness (QED) is 0.853. The molecule has 24 heavy (non-hydrogen) atoms. The number of carbonyl (C=O) groups excluding carboxylic acids is 1. The molecule has 1 amide bonds. The van der Waals surface area contributed by atoms with Gasteiger partial charge in [-0.25, -0.2) is 4.79 Å². The minimum Gasteiger partial charge on any atom is -0.445 e. The van der Waals surface area contributed by atoms with Gasteiger partial charge in [0, 0.05) is 32.2 Å².